The van der Waals surface area contributed by atoms with E-state index in [0.717, 1.165) is 17.0 Å². The van der Waals surface area contributed by atoms with Crippen LogP contribution in [-0.4, -0.2) is 36.1 Å². The molecule has 0 fully saturated rings. The zero-order valence-corrected chi connectivity index (χ0v) is 15.1. The normalized spacial score (nSPS) is 11.8. The Hall–Kier alpha value is -2.28. The first kappa shape index (κ1) is 18.1. The van der Waals surface area contributed by atoms with Gasteiger partial charge in [0.15, 0.2) is 5.13 Å². The lowest BCUT2D eigenvalue weighted by Gasteiger charge is -2.25. The number of carbonyl (C=O) groups is 1. The molecule has 2 aromatic rings. The lowest BCUT2D eigenvalue weighted by molar-refractivity contribution is 0.194. The van der Waals surface area contributed by atoms with Crippen LogP contribution in [-0.2, 0) is 6.42 Å². The van der Waals surface area contributed by atoms with Crippen LogP contribution in [0.1, 0.15) is 31.1 Å². The van der Waals surface area contributed by atoms with Gasteiger partial charge in [-0.25, -0.2) is 9.78 Å². The number of amides is 2. The molecule has 0 bridgehead atoms. The Bertz CT molecular complexity index is 657. The van der Waals surface area contributed by atoms with Crippen molar-refractivity contribution in [2.75, 3.05) is 25.9 Å². The van der Waals surface area contributed by atoms with E-state index >= 15 is 0 Å². The van der Waals surface area contributed by atoms with Gasteiger partial charge in [0.1, 0.15) is 5.75 Å². The van der Waals surface area contributed by atoms with Gasteiger partial charge in [0.2, 0.25) is 0 Å². The molecular formula is C17H24N4O2S. The molecule has 0 aliphatic heterocycles. The lowest BCUT2D eigenvalue weighted by Crippen LogP contribution is -2.39. The summed E-state index contributed by atoms with van der Waals surface area (Å²) in [5, 5.41) is 5.37. The minimum absolute atomic E-state index is 0.0319. The number of nitrogens with zero attached hydrogens (tertiary/aromatic N) is 2. The number of nitrogens with two attached hydrogens (primary N) is 1. The number of aromatic nitrogens is 1. The van der Waals surface area contributed by atoms with Crippen LogP contribution in [0.15, 0.2) is 29.6 Å². The molecule has 3 N–H and O–H groups in total. The van der Waals surface area contributed by atoms with Crippen molar-refractivity contribution < 1.29 is 9.53 Å². The fourth-order valence-corrected chi connectivity index (χ4v) is 2.87. The molecule has 1 atom stereocenters. The molecular weight excluding hydrogens is 324 g/mol. The maximum absolute atomic E-state index is 12.3. The number of urea groups is 1. The smallest absolute Gasteiger partial charge is 0.317 e. The van der Waals surface area contributed by atoms with Crippen LogP contribution in [0.3, 0.4) is 0 Å². The second kappa shape index (κ2) is 8.54. The second-order valence-electron chi connectivity index (χ2n) is 5.45. The molecule has 24 heavy (non-hydrogen) atoms. The molecule has 0 aliphatic rings. The maximum Gasteiger partial charge on any atom is 0.317 e. The molecule has 0 aliphatic carbocycles. The van der Waals surface area contributed by atoms with Crippen molar-refractivity contribution in [1.29, 1.82) is 0 Å². The van der Waals surface area contributed by atoms with E-state index in [1.165, 1.54) is 11.3 Å². The summed E-state index contributed by atoms with van der Waals surface area (Å²) in [7, 11) is 1.79. The minimum Gasteiger partial charge on any atom is -0.494 e. The number of thiazole rings is 1. The number of ether oxygens (including phenoxy) is 1. The molecule has 0 saturated heterocycles. The molecule has 0 unspecified atom stereocenters. The van der Waals surface area contributed by atoms with Gasteiger partial charge in [-0.1, -0.05) is 12.1 Å². The average Bonchev–Trinajstić information content (AvgIpc) is 2.99. The summed E-state index contributed by atoms with van der Waals surface area (Å²) in [4.78, 5) is 18.1. The van der Waals surface area contributed by atoms with Gasteiger partial charge in [-0.2, -0.15) is 0 Å². The third-order valence-corrected chi connectivity index (χ3v) is 4.52. The van der Waals surface area contributed by atoms with Gasteiger partial charge < -0.3 is 20.7 Å². The van der Waals surface area contributed by atoms with Gasteiger partial charge in [0.25, 0.3) is 0 Å². The number of hydrogen-bond donors (Lipinski definition) is 2. The molecule has 1 aromatic heterocycles. The molecule has 0 spiro atoms. The van der Waals surface area contributed by atoms with Gasteiger partial charge in [-0.3, -0.25) is 0 Å². The fourth-order valence-electron chi connectivity index (χ4n) is 2.27. The predicted molar refractivity (Wildman–Crippen MR) is 97.4 cm³/mol. The van der Waals surface area contributed by atoms with Crippen LogP contribution < -0.4 is 15.8 Å². The van der Waals surface area contributed by atoms with E-state index in [0.29, 0.717) is 24.7 Å². The SMILES string of the molecule is CCOc1ccc([C@@H](C)N(C)C(=O)NCCc2csc(N)n2)cc1. The van der Waals surface area contributed by atoms with E-state index in [-0.39, 0.29) is 12.1 Å². The summed E-state index contributed by atoms with van der Waals surface area (Å²) in [6.07, 6.45) is 0.671. The Labute approximate surface area is 146 Å². The Morgan fingerprint density at radius 1 is 1.42 bits per heavy atom. The Balaban J connectivity index is 1.84. The van der Waals surface area contributed by atoms with Crippen LogP contribution in [0.4, 0.5) is 9.93 Å². The van der Waals surface area contributed by atoms with Crippen LogP contribution in [0.5, 0.6) is 5.75 Å². The monoisotopic (exact) mass is 348 g/mol. The summed E-state index contributed by atoms with van der Waals surface area (Å²) in [5.41, 5.74) is 7.56. The third-order valence-electron chi connectivity index (χ3n) is 3.80. The van der Waals surface area contributed by atoms with Crippen molar-refractivity contribution in [3.05, 3.63) is 40.9 Å². The lowest BCUT2D eigenvalue weighted by atomic mass is 10.1. The van der Waals surface area contributed by atoms with E-state index in [4.69, 9.17) is 10.5 Å². The van der Waals surface area contributed by atoms with Crippen LogP contribution in [0.2, 0.25) is 0 Å². The van der Waals surface area contributed by atoms with Crippen LogP contribution in [0, 0.1) is 0 Å². The van der Waals surface area contributed by atoms with Gasteiger partial charge in [-0.05, 0) is 31.5 Å². The highest BCUT2D eigenvalue weighted by Crippen LogP contribution is 2.21. The fraction of sp³-hybridized carbons (Fsp3) is 0.412. The molecule has 2 rings (SSSR count). The van der Waals surface area contributed by atoms with E-state index in [2.05, 4.69) is 10.3 Å². The van der Waals surface area contributed by atoms with Crippen LogP contribution >= 0.6 is 11.3 Å². The first-order valence-corrected chi connectivity index (χ1v) is 8.82. The predicted octanol–water partition coefficient (Wildman–Crippen LogP) is 3.07. The first-order valence-electron chi connectivity index (χ1n) is 7.94. The molecule has 130 valence electrons. The minimum atomic E-state index is -0.111. The Morgan fingerprint density at radius 2 is 2.12 bits per heavy atom. The van der Waals surface area contributed by atoms with Crippen molar-refractivity contribution in [3.8, 4) is 5.75 Å². The van der Waals surface area contributed by atoms with Gasteiger partial charge >= 0.3 is 6.03 Å². The average molecular weight is 348 g/mol. The standard InChI is InChI=1S/C17H24N4O2S/c1-4-23-15-7-5-13(6-8-15)12(2)21(3)17(22)19-10-9-14-11-24-16(18)20-14/h5-8,11-12H,4,9-10H2,1-3H3,(H2,18,20)(H,19,22)/t12-/m1/s1. The molecule has 2 amide bonds. The Kier molecular flexibility index (Phi) is 6.43. The third kappa shape index (κ3) is 4.86. The molecule has 7 heteroatoms. The topological polar surface area (TPSA) is 80.5 Å². The van der Waals surface area contributed by atoms with Gasteiger partial charge in [-0.15, -0.1) is 11.3 Å². The van der Waals surface area contributed by atoms with E-state index < -0.39 is 0 Å². The van der Waals surface area contributed by atoms with Gasteiger partial charge in [0, 0.05) is 25.4 Å². The highest BCUT2D eigenvalue weighted by atomic mass is 32.1. The zero-order chi connectivity index (χ0) is 17.5. The van der Waals surface area contributed by atoms with Crippen molar-refractivity contribution in [3.63, 3.8) is 0 Å². The summed E-state index contributed by atoms with van der Waals surface area (Å²) < 4.78 is 5.44. The van der Waals surface area contributed by atoms with Crippen LogP contribution in [0.25, 0.3) is 0 Å². The van der Waals surface area contributed by atoms with Crippen molar-refractivity contribution in [2.24, 2.45) is 0 Å². The number of benzene rings is 1. The van der Waals surface area contributed by atoms with E-state index in [1.807, 2.05) is 43.5 Å². The summed E-state index contributed by atoms with van der Waals surface area (Å²) in [6.45, 7) is 5.12. The quantitative estimate of drug-likeness (QED) is 0.806. The number of hydrogen-bond acceptors (Lipinski definition) is 5. The molecule has 6 nitrogen and oxygen atoms in total. The van der Waals surface area contributed by atoms with Gasteiger partial charge in [0.05, 0.1) is 18.3 Å². The largest absolute Gasteiger partial charge is 0.494 e. The number of nitrogens with one attached hydrogen (secondary N) is 1. The number of carbonyl (C=O) groups excluding carboxylic acids is 1. The highest BCUT2D eigenvalue weighted by Gasteiger charge is 2.17. The maximum atomic E-state index is 12.3. The Morgan fingerprint density at radius 3 is 2.71 bits per heavy atom. The number of anilines is 1. The van der Waals surface area contributed by atoms with E-state index in [1.54, 1.807) is 11.9 Å². The van der Waals surface area contributed by atoms with E-state index in [9.17, 15) is 4.79 Å². The molecule has 1 aromatic carbocycles. The van der Waals surface area contributed by atoms with Crippen molar-refractivity contribution >= 4 is 22.5 Å². The molecule has 0 saturated carbocycles. The molecule has 1 heterocycles. The number of rotatable bonds is 7. The second-order valence-corrected chi connectivity index (χ2v) is 6.34. The zero-order valence-electron chi connectivity index (χ0n) is 14.3. The summed E-state index contributed by atoms with van der Waals surface area (Å²) in [6, 6.07) is 7.67. The van der Waals surface area contributed by atoms with Crippen molar-refractivity contribution in [2.45, 2.75) is 26.3 Å². The summed E-state index contributed by atoms with van der Waals surface area (Å²) >= 11 is 1.41. The highest BCUT2D eigenvalue weighted by molar-refractivity contribution is 7.13. The number of nitrogen functional groups attached to an aromatic ring is 1. The van der Waals surface area contributed by atoms with Crippen molar-refractivity contribution in [1.82, 2.24) is 15.2 Å². The first-order chi connectivity index (χ1) is 11.5. The molecule has 0 radical (unpaired) electrons. The summed E-state index contributed by atoms with van der Waals surface area (Å²) in [5.74, 6) is 0.836.